The Kier molecular flexibility index (Phi) is 8.70. The van der Waals surface area contributed by atoms with Gasteiger partial charge >= 0.3 is 5.97 Å². The van der Waals surface area contributed by atoms with Gasteiger partial charge in [-0.15, -0.1) is 0 Å². The molecule has 0 saturated heterocycles. The first-order valence-electron chi connectivity index (χ1n) is 11.8. The molecule has 0 aromatic heterocycles. The van der Waals surface area contributed by atoms with E-state index in [4.69, 9.17) is 4.74 Å². The minimum absolute atomic E-state index is 0.0835. The number of hydrogen-bond acceptors (Lipinski definition) is 5. The number of amides is 2. The van der Waals surface area contributed by atoms with Gasteiger partial charge in [-0.25, -0.2) is 14.6 Å². The summed E-state index contributed by atoms with van der Waals surface area (Å²) in [6.07, 6.45) is 1.37. The van der Waals surface area contributed by atoms with Gasteiger partial charge in [-0.2, -0.15) is 5.10 Å². The molecule has 0 aliphatic heterocycles. The van der Waals surface area contributed by atoms with E-state index in [9.17, 15) is 18.8 Å². The van der Waals surface area contributed by atoms with Crippen molar-refractivity contribution in [1.82, 2.24) is 10.7 Å². The van der Waals surface area contributed by atoms with Crippen LogP contribution < -0.4 is 15.5 Å². The first kappa shape index (κ1) is 26.0. The second kappa shape index (κ2) is 12.7. The Morgan fingerprint density at radius 1 is 0.816 bits per heavy atom. The van der Waals surface area contributed by atoms with Crippen molar-refractivity contribution >= 4 is 24.0 Å². The van der Waals surface area contributed by atoms with E-state index in [2.05, 4.69) is 15.8 Å². The van der Waals surface area contributed by atoms with Crippen LogP contribution in [0.15, 0.2) is 114 Å². The van der Waals surface area contributed by atoms with Gasteiger partial charge in [0.25, 0.3) is 5.91 Å². The molecular formula is C30H24FN3O4. The zero-order valence-electron chi connectivity index (χ0n) is 20.2. The van der Waals surface area contributed by atoms with Crippen LogP contribution >= 0.6 is 0 Å². The summed E-state index contributed by atoms with van der Waals surface area (Å²) in [6, 6.07) is 30.3. The second-order valence-corrected chi connectivity index (χ2v) is 8.24. The number of hydrazone groups is 1. The van der Waals surface area contributed by atoms with Gasteiger partial charge in [-0.3, -0.25) is 9.59 Å². The molecule has 4 rings (SSSR count). The highest BCUT2D eigenvalue weighted by Gasteiger charge is 2.22. The number of esters is 1. The van der Waals surface area contributed by atoms with E-state index in [0.717, 1.165) is 17.2 Å². The van der Waals surface area contributed by atoms with Crippen molar-refractivity contribution in [2.45, 2.75) is 5.92 Å². The molecule has 0 bridgehead atoms. The van der Waals surface area contributed by atoms with Crippen LogP contribution in [-0.4, -0.2) is 30.5 Å². The Bertz CT molecular complexity index is 1400. The molecule has 38 heavy (non-hydrogen) atoms. The molecule has 0 saturated carbocycles. The van der Waals surface area contributed by atoms with E-state index >= 15 is 0 Å². The molecule has 4 aromatic rings. The first-order valence-corrected chi connectivity index (χ1v) is 11.8. The number of rotatable bonds is 9. The topological polar surface area (TPSA) is 96.9 Å². The van der Waals surface area contributed by atoms with Crippen molar-refractivity contribution in [1.29, 1.82) is 0 Å². The number of carbonyl (C=O) groups excluding carboxylic acids is 3. The molecule has 7 nitrogen and oxygen atoms in total. The summed E-state index contributed by atoms with van der Waals surface area (Å²) in [7, 11) is 0. The van der Waals surface area contributed by atoms with Gasteiger partial charge < -0.3 is 10.1 Å². The molecular weight excluding hydrogens is 485 g/mol. The van der Waals surface area contributed by atoms with Gasteiger partial charge in [-0.05, 0) is 47.0 Å². The van der Waals surface area contributed by atoms with Gasteiger partial charge in [-0.1, -0.05) is 78.9 Å². The van der Waals surface area contributed by atoms with Crippen LogP contribution in [0.4, 0.5) is 4.39 Å². The van der Waals surface area contributed by atoms with E-state index in [1.165, 1.54) is 24.4 Å². The van der Waals surface area contributed by atoms with Crippen LogP contribution in [0.25, 0.3) is 0 Å². The van der Waals surface area contributed by atoms with Crippen LogP contribution in [0, 0.1) is 5.82 Å². The molecule has 0 unspecified atom stereocenters. The molecule has 0 heterocycles. The van der Waals surface area contributed by atoms with Crippen molar-refractivity contribution in [2.75, 3.05) is 6.54 Å². The summed E-state index contributed by atoms with van der Waals surface area (Å²) < 4.78 is 18.6. The standard InChI is InChI=1S/C30H24FN3O4/c31-25-15-8-14-24(18-25)30(37)38-26-16-7-9-21(17-26)19-33-34-27(35)20-32-29(36)28(22-10-3-1-4-11-22)23-12-5-2-6-13-23/h1-19,28H,20H2,(H,32,36)(H,34,35)/b33-19+. The Morgan fingerprint density at radius 2 is 1.47 bits per heavy atom. The summed E-state index contributed by atoms with van der Waals surface area (Å²) in [6.45, 7) is -0.266. The second-order valence-electron chi connectivity index (χ2n) is 8.24. The Hall–Kier alpha value is -5.11. The molecule has 0 radical (unpaired) electrons. The third kappa shape index (κ3) is 7.20. The van der Waals surface area contributed by atoms with Crippen LogP contribution in [0.2, 0.25) is 0 Å². The normalized spacial score (nSPS) is 10.8. The minimum atomic E-state index is -0.702. The van der Waals surface area contributed by atoms with E-state index in [1.54, 1.807) is 24.3 Å². The molecule has 0 aliphatic carbocycles. The largest absolute Gasteiger partial charge is 0.423 e. The number of benzene rings is 4. The molecule has 4 aromatic carbocycles. The predicted molar refractivity (Wildman–Crippen MR) is 141 cm³/mol. The van der Waals surface area contributed by atoms with Crippen LogP contribution in [0.1, 0.15) is 33.0 Å². The Labute approximate surface area is 219 Å². The van der Waals surface area contributed by atoms with Crippen LogP contribution in [-0.2, 0) is 9.59 Å². The fourth-order valence-electron chi connectivity index (χ4n) is 3.71. The fourth-order valence-corrected chi connectivity index (χ4v) is 3.71. The summed E-state index contributed by atoms with van der Waals surface area (Å²) in [5, 5.41) is 6.57. The lowest BCUT2D eigenvalue weighted by atomic mass is 9.90. The number of ether oxygens (including phenoxy) is 1. The molecule has 190 valence electrons. The quantitative estimate of drug-likeness (QED) is 0.151. The number of halogens is 1. The number of carbonyl (C=O) groups is 3. The Balaban J connectivity index is 1.32. The smallest absolute Gasteiger partial charge is 0.343 e. The highest BCUT2D eigenvalue weighted by Crippen LogP contribution is 2.24. The monoisotopic (exact) mass is 509 g/mol. The lowest BCUT2D eigenvalue weighted by molar-refractivity contribution is -0.126. The molecule has 0 fully saturated rings. The Morgan fingerprint density at radius 3 is 2.13 bits per heavy atom. The van der Waals surface area contributed by atoms with Crippen molar-refractivity contribution in [3.63, 3.8) is 0 Å². The summed E-state index contributed by atoms with van der Waals surface area (Å²) in [4.78, 5) is 37.5. The molecule has 2 N–H and O–H groups in total. The average molecular weight is 510 g/mol. The number of hydrogen-bond donors (Lipinski definition) is 2. The van der Waals surface area contributed by atoms with E-state index in [-0.39, 0.29) is 23.8 Å². The molecule has 0 atom stereocenters. The highest BCUT2D eigenvalue weighted by molar-refractivity contribution is 5.92. The van der Waals surface area contributed by atoms with Gasteiger partial charge in [0, 0.05) is 0 Å². The minimum Gasteiger partial charge on any atom is -0.423 e. The molecule has 0 spiro atoms. The van der Waals surface area contributed by atoms with Gasteiger partial charge in [0.05, 0.1) is 24.2 Å². The van der Waals surface area contributed by atoms with Gasteiger partial charge in [0.1, 0.15) is 11.6 Å². The van der Waals surface area contributed by atoms with Gasteiger partial charge in [0.15, 0.2) is 0 Å². The highest BCUT2D eigenvalue weighted by atomic mass is 19.1. The zero-order valence-corrected chi connectivity index (χ0v) is 20.2. The lowest BCUT2D eigenvalue weighted by Gasteiger charge is -2.17. The summed E-state index contributed by atoms with van der Waals surface area (Å²) in [5.74, 6) is -2.39. The van der Waals surface area contributed by atoms with Crippen molar-refractivity contribution in [3.05, 3.63) is 137 Å². The molecule has 8 heteroatoms. The third-order valence-electron chi connectivity index (χ3n) is 5.48. The van der Waals surface area contributed by atoms with Crippen LogP contribution in [0.3, 0.4) is 0 Å². The maximum absolute atomic E-state index is 13.3. The van der Waals surface area contributed by atoms with Crippen molar-refractivity contribution in [3.8, 4) is 5.75 Å². The van der Waals surface area contributed by atoms with E-state index < -0.39 is 23.6 Å². The van der Waals surface area contributed by atoms with Crippen molar-refractivity contribution in [2.24, 2.45) is 5.10 Å². The molecule has 0 aliphatic rings. The third-order valence-corrected chi connectivity index (χ3v) is 5.48. The zero-order chi connectivity index (χ0) is 26.7. The summed E-state index contributed by atoms with van der Waals surface area (Å²) in [5.41, 5.74) is 4.62. The van der Waals surface area contributed by atoms with Crippen LogP contribution in [0.5, 0.6) is 5.75 Å². The lowest BCUT2D eigenvalue weighted by Crippen LogP contribution is -2.37. The van der Waals surface area contributed by atoms with E-state index in [0.29, 0.717) is 5.56 Å². The SMILES string of the molecule is O=C(CNC(=O)C(c1ccccc1)c1ccccc1)N/N=C/c1cccc(OC(=O)c2cccc(F)c2)c1. The maximum atomic E-state index is 13.3. The number of nitrogens with zero attached hydrogens (tertiary/aromatic N) is 1. The number of nitrogens with one attached hydrogen (secondary N) is 2. The van der Waals surface area contributed by atoms with Gasteiger partial charge in [0.2, 0.25) is 5.91 Å². The first-order chi connectivity index (χ1) is 18.5. The summed E-state index contributed by atoms with van der Waals surface area (Å²) >= 11 is 0. The average Bonchev–Trinajstić information content (AvgIpc) is 2.93. The molecule has 2 amide bonds. The van der Waals surface area contributed by atoms with Crippen molar-refractivity contribution < 1.29 is 23.5 Å². The van der Waals surface area contributed by atoms with E-state index in [1.807, 2.05) is 60.7 Å². The maximum Gasteiger partial charge on any atom is 0.343 e. The predicted octanol–water partition coefficient (Wildman–Crippen LogP) is 4.44. The fraction of sp³-hybridized carbons (Fsp3) is 0.0667.